The quantitative estimate of drug-likeness (QED) is 0.513. The second kappa shape index (κ2) is 9.96. The van der Waals surface area contributed by atoms with Gasteiger partial charge in [-0.05, 0) is 43.8 Å². The molecule has 24 heavy (non-hydrogen) atoms. The van der Waals surface area contributed by atoms with Crippen molar-refractivity contribution in [2.45, 2.75) is 56.9 Å². The predicted molar refractivity (Wildman–Crippen MR) is 105 cm³/mol. The van der Waals surface area contributed by atoms with Gasteiger partial charge in [-0.1, -0.05) is 38.7 Å². The molecular formula is C17H29N3O2S2. The maximum atomic E-state index is 12.2. The van der Waals surface area contributed by atoms with Crippen molar-refractivity contribution in [3.8, 4) is 0 Å². The Hall–Kier alpha value is -1.18. The van der Waals surface area contributed by atoms with Gasteiger partial charge in [0.25, 0.3) is 0 Å². The average Bonchev–Trinajstić information content (AvgIpc) is 2.51. The molecule has 1 aromatic rings. The third kappa shape index (κ3) is 6.75. The van der Waals surface area contributed by atoms with Crippen LogP contribution < -0.4 is 10.6 Å². The van der Waals surface area contributed by atoms with Gasteiger partial charge in [0.1, 0.15) is 0 Å². The van der Waals surface area contributed by atoms with Crippen molar-refractivity contribution in [1.82, 2.24) is 9.62 Å². The monoisotopic (exact) mass is 371 g/mol. The molecule has 1 atom stereocenters. The van der Waals surface area contributed by atoms with E-state index in [2.05, 4.69) is 24.5 Å². The van der Waals surface area contributed by atoms with Crippen LogP contribution in [0.25, 0.3) is 0 Å². The third-order valence-electron chi connectivity index (χ3n) is 3.74. The van der Waals surface area contributed by atoms with E-state index in [1.165, 1.54) is 44.1 Å². The molecule has 0 radical (unpaired) electrons. The molecule has 5 nitrogen and oxygen atoms in total. The summed E-state index contributed by atoms with van der Waals surface area (Å²) in [5, 5.41) is 6.82. The van der Waals surface area contributed by atoms with Crippen LogP contribution in [-0.2, 0) is 10.0 Å². The zero-order valence-corrected chi connectivity index (χ0v) is 16.6. The van der Waals surface area contributed by atoms with Crippen molar-refractivity contribution in [1.29, 1.82) is 0 Å². The highest BCUT2D eigenvalue weighted by Crippen LogP contribution is 2.18. The van der Waals surface area contributed by atoms with Crippen LogP contribution in [0, 0.1) is 0 Å². The van der Waals surface area contributed by atoms with Crippen LogP contribution in [0.1, 0.15) is 46.0 Å². The fourth-order valence-corrected chi connectivity index (χ4v) is 3.55. The lowest BCUT2D eigenvalue weighted by Gasteiger charge is -2.18. The van der Waals surface area contributed by atoms with Gasteiger partial charge in [-0.25, -0.2) is 12.7 Å². The number of benzene rings is 1. The van der Waals surface area contributed by atoms with Gasteiger partial charge in [-0.3, -0.25) is 0 Å². The summed E-state index contributed by atoms with van der Waals surface area (Å²) in [5.41, 5.74) is 0.661. The number of nitrogens with zero attached hydrogens (tertiary/aromatic N) is 1. The van der Waals surface area contributed by atoms with Gasteiger partial charge >= 0.3 is 0 Å². The number of unbranched alkanes of at least 4 members (excludes halogenated alkanes) is 3. The van der Waals surface area contributed by atoms with Crippen LogP contribution in [0.4, 0.5) is 5.69 Å². The highest BCUT2D eigenvalue weighted by Gasteiger charge is 2.17. The van der Waals surface area contributed by atoms with Gasteiger partial charge < -0.3 is 10.6 Å². The zero-order chi connectivity index (χ0) is 18.2. The largest absolute Gasteiger partial charge is 0.360 e. The van der Waals surface area contributed by atoms with Crippen LogP contribution in [0.5, 0.6) is 0 Å². The lowest BCUT2D eigenvalue weighted by molar-refractivity contribution is 0.521. The summed E-state index contributed by atoms with van der Waals surface area (Å²) >= 11 is 5.32. The highest BCUT2D eigenvalue weighted by molar-refractivity contribution is 7.89. The molecule has 7 heteroatoms. The summed E-state index contributed by atoms with van der Waals surface area (Å²) in [6.45, 7) is 4.30. The first-order chi connectivity index (χ1) is 11.3. The van der Waals surface area contributed by atoms with E-state index in [0.717, 1.165) is 6.42 Å². The number of anilines is 1. The Labute approximate surface area is 151 Å². The van der Waals surface area contributed by atoms with Gasteiger partial charge in [-0.15, -0.1) is 0 Å². The van der Waals surface area contributed by atoms with E-state index in [0.29, 0.717) is 10.8 Å². The Morgan fingerprint density at radius 2 is 1.96 bits per heavy atom. The van der Waals surface area contributed by atoms with E-state index in [4.69, 9.17) is 12.2 Å². The van der Waals surface area contributed by atoms with Crippen molar-refractivity contribution in [2.75, 3.05) is 19.4 Å². The Morgan fingerprint density at radius 3 is 2.58 bits per heavy atom. The summed E-state index contributed by atoms with van der Waals surface area (Å²) in [6, 6.07) is 6.96. The third-order valence-corrected chi connectivity index (χ3v) is 5.77. The topological polar surface area (TPSA) is 61.4 Å². The molecule has 0 saturated heterocycles. The summed E-state index contributed by atoms with van der Waals surface area (Å²) < 4.78 is 25.5. The number of hydrogen-bond donors (Lipinski definition) is 2. The molecule has 0 amide bonds. The van der Waals surface area contributed by atoms with Crippen LogP contribution in [0.15, 0.2) is 29.2 Å². The molecule has 0 saturated carbocycles. The van der Waals surface area contributed by atoms with E-state index < -0.39 is 10.0 Å². The number of hydrogen-bond acceptors (Lipinski definition) is 3. The van der Waals surface area contributed by atoms with E-state index in [-0.39, 0.29) is 10.9 Å². The Balaban J connectivity index is 2.59. The number of thiocarbonyl (C=S) groups is 1. The predicted octanol–water partition coefficient (Wildman–Crippen LogP) is 3.58. The van der Waals surface area contributed by atoms with Crippen molar-refractivity contribution in [2.24, 2.45) is 0 Å². The van der Waals surface area contributed by atoms with Crippen molar-refractivity contribution in [3.63, 3.8) is 0 Å². The molecule has 136 valence electrons. The fraction of sp³-hybridized carbons (Fsp3) is 0.588. The molecule has 0 bridgehead atoms. The molecule has 1 aromatic carbocycles. The smallest absolute Gasteiger partial charge is 0.242 e. The summed E-state index contributed by atoms with van der Waals surface area (Å²) in [6.07, 6.45) is 5.99. The van der Waals surface area contributed by atoms with E-state index >= 15 is 0 Å². The second-order valence-electron chi connectivity index (χ2n) is 6.16. The minimum Gasteiger partial charge on any atom is -0.360 e. The standard InChI is InChI=1S/C17H29N3O2S2/c1-5-6-7-8-10-14(2)18-17(23)19-15-11-9-12-16(13-15)24(21,22)20(3)4/h9,11-14H,5-8,10H2,1-4H3,(H2,18,19,23)/t14-/m1/s1. The molecule has 0 aromatic heterocycles. The second-order valence-corrected chi connectivity index (χ2v) is 8.72. The minimum absolute atomic E-state index is 0.243. The van der Waals surface area contributed by atoms with Gasteiger partial charge in [0.2, 0.25) is 10.0 Å². The van der Waals surface area contributed by atoms with E-state index in [1.54, 1.807) is 24.3 Å². The van der Waals surface area contributed by atoms with Gasteiger partial charge in [0, 0.05) is 25.8 Å². The summed E-state index contributed by atoms with van der Waals surface area (Å²) in [4.78, 5) is 0.243. The molecule has 0 unspecified atom stereocenters. The maximum Gasteiger partial charge on any atom is 0.242 e. The zero-order valence-electron chi connectivity index (χ0n) is 15.0. The van der Waals surface area contributed by atoms with Crippen LogP contribution in [-0.4, -0.2) is 38.0 Å². The van der Waals surface area contributed by atoms with Crippen LogP contribution in [0.3, 0.4) is 0 Å². The Kier molecular flexibility index (Phi) is 8.66. The van der Waals surface area contributed by atoms with Crippen LogP contribution in [0.2, 0.25) is 0 Å². The number of sulfonamides is 1. The average molecular weight is 372 g/mol. The van der Waals surface area contributed by atoms with Crippen molar-refractivity contribution < 1.29 is 8.42 Å². The molecule has 1 rings (SSSR count). The minimum atomic E-state index is -3.45. The fourth-order valence-electron chi connectivity index (χ4n) is 2.29. The Morgan fingerprint density at radius 1 is 1.25 bits per heavy atom. The first-order valence-electron chi connectivity index (χ1n) is 8.37. The SMILES string of the molecule is CCCCCC[C@@H](C)NC(=S)Nc1cccc(S(=O)(=O)N(C)C)c1. The molecular weight excluding hydrogens is 342 g/mol. The lowest BCUT2D eigenvalue weighted by Crippen LogP contribution is -2.35. The first kappa shape index (κ1) is 20.9. The van der Waals surface area contributed by atoms with E-state index in [1.807, 2.05) is 0 Å². The Bertz CT molecular complexity index is 630. The molecule has 0 spiro atoms. The molecule has 0 aliphatic heterocycles. The number of rotatable bonds is 9. The first-order valence-corrected chi connectivity index (χ1v) is 10.2. The van der Waals surface area contributed by atoms with Crippen molar-refractivity contribution in [3.05, 3.63) is 24.3 Å². The maximum absolute atomic E-state index is 12.2. The van der Waals surface area contributed by atoms with Crippen LogP contribution >= 0.6 is 12.2 Å². The van der Waals surface area contributed by atoms with Gasteiger partial charge in [0.15, 0.2) is 5.11 Å². The summed E-state index contributed by atoms with van der Waals surface area (Å²) in [5.74, 6) is 0. The molecule has 0 heterocycles. The molecule has 0 fully saturated rings. The lowest BCUT2D eigenvalue weighted by atomic mass is 10.1. The molecule has 0 aliphatic rings. The van der Waals surface area contributed by atoms with Crippen molar-refractivity contribution >= 4 is 33.0 Å². The number of nitrogens with one attached hydrogen (secondary N) is 2. The van der Waals surface area contributed by atoms with Gasteiger partial charge in [0.05, 0.1) is 4.90 Å². The van der Waals surface area contributed by atoms with E-state index in [9.17, 15) is 8.42 Å². The molecule has 0 aliphatic carbocycles. The normalized spacial score (nSPS) is 12.9. The summed E-state index contributed by atoms with van der Waals surface area (Å²) in [7, 11) is -0.415. The van der Waals surface area contributed by atoms with Gasteiger partial charge in [-0.2, -0.15) is 0 Å². The molecule has 2 N–H and O–H groups in total. The highest BCUT2D eigenvalue weighted by atomic mass is 32.2.